The second-order valence-corrected chi connectivity index (χ2v) is 6.63. The Morgan fingerprint density at radius 2 is 1.42 bits per heavy atom. The molecule has 2 aliphatic heterocycles. The van der Waals surface area contributed by atoms with E-state index in [2.05, 4.69) is 9.80 Å². The third-order valence-electron chi connectivity index (χ3n) is 5.37. The monoisotopic (exact) mass is 264 g/mol. The maximum Gasteiger partial charge on any atom is 0.320 e. The first-order chi connectivity index (χ1) is 9.36. The molecule has 3 rings (SSSR count). The lowest BCUT2D eigenvalue weighted by molar-refractivity contribution is 0.0649. The Morgan fingerprint density at radius 3 is 2.21 bits per heavy atom. The summed E-state index contributed by atoms with van der Waals surface area (Å²) in [7, 11) is 0. The van der Waals surface area contributed by atoms with Crippen LogP contribution in [-0.2, 0) is 0 Å². The number of carbonyl (C=O) groups is 1. The van der Waals surface area contributed by atoms with Gasteiger partial charge in [-0.2, -0.15) is 0 Å². The van der Waals surface area contributed by atoms with Gasteiger partial charge in [-0.3, -0.25) is 0 Å². The van der Waals surface area contributed by atoms with Crippen LogP contribution in [0, 0.1) is 5.92 Å². The van der Waals surface area contributed by atoms with Crippen LogP contribution in [0.25, 0.3) is 0 Å². The van der Waals surface area contributed by atoms with E-state index in [-0.39, 0.29) is 0 Å². The summed E-state index contributed by atoms with van der Waals surface area (Å²) >= 11 is 0. The Bertz CT molecular complexity index is 308. The fourth-order valence-electron chi connectivity index (χ4n) is 4.31. The van der Waals surface area contributed by atoms with Gasteiger partial charge in [0.2, 0.25) is 0 Å². The van der Waals surface area contributed by atoms with Gasteiger partial charge in [-0.1, -0.05) is 25.7 Å². The van der Waals surface area contributed by atoms with Crippen LogP contribution in [0.5, 0.6) is 0 Å². The van der Waals surface area contributed by atoms with Gasteiger partial charge in [-0.25, -0.2) is 4.79 Å². The Morgan fingerprint density at radius 1 is 0.737 bits per heavy atom. The van der Waals surface area contributed by atoms with Gasteiger partial charge >= 0.3 is 6.03 Å². The molecule has 19 heavy (non-hydrogen) atoms. The van der Waals surface area contributed by atoms with E-state index in [1.807, 2.05) is 0 Å². The van der Waals surface area contributed by atoms with Crippen LogP contribution in [0.3, 0.4) is 0 Å². The summed E-state index contributed by atoms with van der Waals surface area (Å²) in [5.74, 6) is 0.804. The zero-order valence-electron chi connectivity index (χ0n) is 12.1. The van der Waals surface area contributed by atoms with Crippen LogP contribution in [0.15, 0.2) is 0 Å². The summed E-state index contributed by atoms with van der Waals surface area (Å²) in [4.78, 5) is 17.2. The summed E-state index contributed by atoms with van der Waals surface area (Å²) in [6, 6.07) is 0.928. The van der Waals surface area contributed by atoms with Crippen molar-refractivity contribution in [2.24, 2.45) is 5.92 Å². The number of carbonyl (C=O) groups excluding carboxylic acids is 1. The predicted molar refractivity (Wildman–Crippen MR) is 77.1 cm³/mol. The summed E-state index contributed by atoms with van der Waals surface area (Å²) in [6.07, 6.45) is 12.9. The molecule has 0 spiro atoms. The second kappa shape index (κ2) is 6.15. The van der Waals surface area contributed by atoms with Crippen molar-refractivity contribution in [2.45, 2.75) is 70.3 Å². The van der Waals surface area contributed by atoms with E-state index in [1.165, 1.54) is 64.2 Å². The van der Waals surface area contributed by atoms with Gasteiger partial charge in [0, 0.05) is 25.7 Å². The molecule has 0 N–H and O–H groups in total. The lowest BCUT2D eigenvalue weighted by Gasteiger charge is -2.45. The number of urea groups is 1. The van der Waals surface area contributed by atoms with Crippen molar-refractivity contribution in [3.63, 3.8) is 0 Å². The molecule has 2 saturated heterocycles. The van der Waals surface area contributed by atoms with E-state index < -0.39 is 0 Å². The molecule has 2 heterocycles. The molecule has 2 atom stereocenters. The normalized spacial score (nSPS) is 32.6. The maximum absolute atomic E-state index is 12.8. The predicted octanol–water partition coefficient (Wildman–Crippen LogP) is 3.64. The highest BCUT2D eigenvalue weighted by Crippen LogP contribution is 2.35. The number of hydrogen-bond acceptors (Lipinski definition) is 1. The number of piperidine rings is 1. The SMILES string of the molecule is O=C(N1CCCCCC1)N1CCCC2CCCCC21. The molecule has 1 aliphatic carbocycles. The standard InChI is InChI=1S/C16H28N2O/c19-16(17-11-5-1-2-6-12-17)18-13-7-9-14-8-3-4-10-15(14)18/h14-15H,1-13H2. The minimum absolute atomic E-state index is 0.360. The van der Waals surface area contributed by atoms with E-state index in [4.69, 9.17) is 0 Å². The molecular weight excluding hydrogens is 236 g/mol. The average Bonchev–Trinajstić information content (AvgIpc) is 2.75. The zero-order chi connectivity index (χ0) is 13.1. The average molecular weight is 264 g/mol. The third-order valence-corrected chi connectivity index (χ3v) is 5.37. The molecule has 1 saturated carbocycles. The molecule has 3 aliphatic rings. The van der Waals surface area contributed by atoms with Crippen LogP contribution >= 0.6 is 0 Å². The van der Waals surface area contributed by atoms with Gasteiger partial charge in [0.05, 0.1) is 0 Å². The lowest BCUT2D eigenvalue weighted by atomic mass is 9.78. The van der Waals surface area contributed by atoms with Crippen LogP contribution < -0.4 is 0 Å². The van der Waals surface area contributed by atoms with Crippen molar-refractivity contribution in [2.75, 3.05) is 19.6 Å². The van der Waals surface area contributed by atoms with E-state index in [9.17, 15) is 4.79 Å². The van der Waals surface area contributed by atoms with Crippen molar-refractivity contribution < 1.29 is 4.79 Å². The molecule has 0 aromatic carbocycles. The van der Waals surface area contributed by atoms with Crippen LogP contribution in [0.2, 0.25) is 0 Å². The van der Waals surface area contributed by atoms with E-state index in [0.29, 0.717) is 12.1 Å². The van der Waals surface area contributed by atoms with Crippen LogP contribution in [-0.4, -0.2) is 41.5 Å². The maximum atomic E-state index is 12.8. The van der Waals surface area contributed by atoms with Gasteiger partial charge in [0.1, 0.15) is 0 Å². The number of nitrogens with zero attached hydrogens (tertiary/aromatic N) is 2. The largest absolute Gasteiger partial charge is 0.325 e. The van der Waals surface area contributed by atoms with Gasteiger partial charge in [0.25, 0.3) is 0 Å². The summed E-state index contributed by atoms with van der Waals surface area (Å²) in [6.45, 7) is 3.00. The minimum atomic E-state index is 0.360. The van der Waals surface area contributed by atoms with Gasteiger partial charge < -0.3 is 9.80 Å². The number of hydrogen-bond donors (Lipinski definition) is 0. The van der Waals surface area contributed by atoms with Crippen molar-refractivity contribution in [1.82, 2.24) is 9.80 Å². The minimum Gasteiger partial charge on any atom is -0.325 e. The van der Waals surface area contributed by atoms with Gasteiger partial charge in [0.15, 0.2) is 0 Å². The third kappa shape index (κ3) is 2.90. The highest BCUT2D eigenvalue weighted by atomic mass is 16.2. The quantitative estimate of drug-likeness (QED) is 0.655. The highest BCUT2D eigenvalue weighted by Gasteiger charge is 2.37. The Balaban J connectivity index is 1.66. The molecule has 3 heteroatoms. The Kier molecular flexibility index (Phi) is 4.29. The molecule has 3 nitrogen and oxygen atoms in total. The number of rotatable bonds is 0. The summed E-state index contributed by atoms with van der Waals surface area (Å²) in [5.41, 5.74) is 0. The number of fused-ring (bicyclic) bond motifs is 1. The smallest absolute Gasteiger partial charge is 0.320 e. The molecule has 3 fully saturated rings. The van der Waals surface area contributed by atoms with Crippen molar-refractivity contribution in [3.8, 4) is 0 Å². The fourth-order valence-corrected chi connectivity index (χ4v) is 4.31. The van der Waals surface area contributed by atoms with Gasteiger partial charge in [-0.05, 0) is 44.4 Å². The molecule has 0 aromatic heterocycles. The number of amides is 2. The summed E-state index contributed by atoms with van der Waals surface area (Å²) < 4.78 is 0. The van der Waals surface area contributed by atoms with Crippen molar-refractivity contribution in [3.05, 3.63) is 0 Å². The molecule has 0 aromatic rings. The topological polar surface area (TPSA) is 23.6 Å². The number of likely N-dealkylation sites (tertiary alicyclic amines) is 2. The molecule has 108 valence electrons. The fraction of sp³-hybridized carbons (Fsp3) is 0.938. The van der Waals surface area contributed by atoms with Gasteiger partial charge in [-0.15, -0.1) is 0 Å². The molecule has 0 bridgehead atoms. The van der Waals surface area contributed by atoms with E-state index in [0.717, 1.165) is 25.6 Å². The van der Waals surface area contributed by atoms with E-state index in [1.54, 1.807) is 0 Å². The van der Waals surface area contributed by atoms with Crippen molar-refractivity contribution in [1.29, 1.82) is 0 Å². The Hall–Kier alpha value is -0.730. The molecular formula is C16H28N2O. The first kappa shape index (κ1) is 13.3. The zero-order valence-corrected chi connectivity index (χ0v) is 12.1. The lowest BCUT2D eigenvalue weighted by Crippen LogP contribution is -2.54. The van der Waals surface area contributed by atoms with E-state index >= 15 is 0 Å². The summed E-state index contributed by atoms with van der Waals surface area (Å²) in [5, 5.41) is 0. The highest BCUT2D eigenvalue weighted by molar-refractivity contribution is 5.75. The second-order valence-electron chi connectivity index (χ2n) is 6.63. The molecule has 2 amide bonds. The van der Waals surface area contributed by atoms with Crippen LogP contribution in [0.1, 0.15) is 64.2 Å². The molecule has 2 unspecified atom stereocenters. The van der Waals surface area contributed by atoms with Crippen LogP contribution in [0.4, 0.5) is 4.79 Å². The van der Waals surface area contributed by atoms with Crippen molar-refractivity contribution >= 4 is 6.03 Å². The Labute approximate surface area is 117 Å². The first-order valence-corrected chi connectivity index (χ1v) is 8.42. The molecule has 0 radical (unpaired) electrons. The first-order valence-electron chi connectivity index (χ1n) is 8.42.